The smallest absolute Gasteiger partial charge is 0.309 e. The number of aliphatic carboxylic acids is 1. The highest BCUT2D eigenvalue weighted by Crippen LogP contribution is 2.17. The van der Waals surface area contributed by atoms with Gasteiger partial charge in [0.2, 0.25) is 0 Å². The Morgan fingerprint density at radius 1 is 1.33 bits per heavy atom. The molecular formula is C16H19NO3S. The van der Waals surface area contributed by atoms with E-state index < -0.39 is 5.97 Å². The number of nitrogens with zero attached hydrogens (tertiary/aromatic N) is 1. The van der Waals surface area contributed by atoms with E-state index in [4.69, 9.17) is 9.84 Å². The van der Waals surface area contributed by atoms with Crippen molar-refractivity contribution in [2.75, 3.05) is 6.61 Å². The molecule has 2 aromatic rings. The summed E-state index contributed by atoms with van der Waals surface area (Å²) in [6.07, 6.45) is 2.84. The summed E-state index contributed by atoms with van der Waals surface area (Å²) in [7, 11) is 0. The minimum absolute atomic E-state index is 0.00684. The van der Waals surface area contributed by atoms with Crippen LogP contribution in [-0.2, 0) is 17.6 Å². The van der Waals surface area contributed by atoms with E-state index in [0.29, 0.717) is 12.3 Å². The normalized spacial score (nSPS) is 10.5. The lowest BCUT2D eigenvalue weighted by Crippen LogP contribution is -2.01. The van der Waals surface area contributed by atoms with Crippen molar-refractivity contribution in [3.63, 3.8) is 0 Å². The maximum Gasteiger partial charge on any atom is 0.309 e. The van der Waals surface area contributed by atoms with Gasteiger partial charge in [-0.3, -0.25) is 4.79 Å². The molecule has 0 aliphatic rings. The number of para-hydroxylation sites is 1. The fraction of sp³-hybridized carbons (Fsp3) is 0.375. The molecule has 1 heterocycles. The number of benzene rings is 1. The second-order valence-corrected chi connectivity index (χ2v) is 5.82. The Balaban J connectivity index is 1.67. The molecule has 2 rings (SSSR count). The predicted molar refractivity (Wildman–Crippen MR) is 83.1 cm³/mol. The first-order chi connectivity index (χ1) is 10.1. The number of aromatic nitrogens is 1. The van der Waals surface area contributed by atoms with Gasteiger partial charge < -0.3 is 9.84 Å². The van der Waals surface area contributed by atoms with E-state index >= 15 is 0 Å². The van der Waals surface area contributed by atoms with Crippen LogP contribution in [0.5, 0.6) is 5.75 Å². The van der Waals surface area contributed by atoms with Gasteiger partial charge in [-0.25, -0.2) is 4.98 Å². The number of aryl methyl sites for hydroxylation is 2. The van der Waals surface area contributed by atoms with E-state index in [2.05, 4.69) is 4.98 Å². The largest absolute Gasteiger partial charge is 0.493 e. The van der Waals surface area contributed by atoms with Crippen LogP contribution in [0, 0.1) is 6.92 Å². The molecule has 0 amide bonds. The van der Waals surface area contributed by atoms with Crippen molar-refractivity contribution in [3.8, 4) is 5.75 Å². The Morgan fingerprint density at radius 2 is 2.14 bits per heavy atom. The number of ether oxygens (including phenoxy) is 1. The van der Waals surface area contributed by atoms with Crippen LogP contribution in [0.25, 0.3) is 0 Å². The molecule has 0 atom stereocenters. The van der Waals surface area contributed by atoms with Crippen molar-refractivity contribution in [1.29, 1.82) is 0 Å². The van der Waals surface area contributed by atoms with Gasteiger partial charge in [-0.15, -0.1) is 11.3 Å². The first-order valence-corrected chi connectivity index (χ1v) is 7.86. The van der Waals surface area contributed by atoms with Gasteiger partial charge >= 0.3 is 5.97 Å². The molecule has 0 fully saturated rings. The topological polar surface area (TPSA) is 59.4 Å². The number of carboxylic acid groups (broad SMARTS) is 1. The van der Waals surface area contributed by atoms with Crippen LogP contribution < -0.4 is 4.74 Å². The first-order valence-electron chi connectivity index (χ1n) is 6.98. The number of hydrogen-bond donors (Lipinski definition) is 1. The highest BCUT2D eigenvalue weighted by atomic mass is 32.1. The van der Waals surface area contributed by atoms with Crippen LogP contribution in [0.3, 0.4) is 0 Å². The third-order valence-corrected chi connectivity index (χ3v) is 4.03. The highest BCUT2D eigenvalue weighted by molar-refractivity contribution is 7.09. The van der Waals surface area contributed by atoms with Gasteiger partial charge in [-0.1, -0.05) is 18.2 Å². The molecule has 21 heavy (non-hydrogen) atoms. The molecule has 0 unspecified atom stereocenters. The van der Waals surface area contributed by atoms with Crippen molar-refractivity contribution < 1.29 is 14.6 Å². The number of carbonyl (C=O) groups is 1. The van der Waals surface area contributed by atoms with Crippen molar-refractivity contribution in [2.45, 2.75) is 32.6 Å². The van der Waals surface area contributed by atoms with Gasteiger partial charge in [-0.2, -0.15) is 0 Å². The Kier molecular flexibility index (Phi) is 5.75. The van der Waals surface area contributed by atoms with Gasteiger partial charge in [0.1, 0.15) is 5.75 Å². The summed E-state index contributed by atoms with van der Waals surface area (Å²) >= 11 is 1.53. The summed E-state index contributed by atoms with van der Waals surface area (Å²) in [4.78, 5) is 14.9. The average Bonchev–Trinajstić information content (AvgIpc) is 2.87. The number of rotatable bonds is 8. The van der Waals surface area contributed by atoms with E-state index in [-0.39, 0.29) is 6.42 Å². The van der Waals surface area contributed by atoms with E-state index in [0.717, 1.165) is 35.6 Å². The third kappa shape index (κ3) is 5.19. The van der Waals surface area contributed by atoms with Crippen LogP contribution in [0.4, 0.5) is 0 Å². The molecule has 112 valence electrons. The molecule has 0 saturated carbocycles. The molecule has 1 aromatic heterocycles. The summed E-state index contributed by atoms with van der Waals surface area (Å²) < 4.78 is 5.74. The van der Waals surface area contributed by atoms with Crippen LogP contribution >= 0.6 is 11.3 Å². The molecule has 0 radical (unpaired) electrons. The number of unbranched alkanes of at least 4 members (excludes halogenated alkanes) is 1. The van der Waals surface area contributed by atoms with Crippen LogP contribution in [0.1, 0.15) is 29.1 Å². The van der Waals surface area contributed by atoms with Crippen molar-refractivity contribution >= 4 is 17.3 Å². The van der Waals surface area contributed by atoms with Gasteiger partial charge in [0.05, 0.1) is 23.7 Å². The van der Waals surface area contributed by atoms with Crippen LogP contribution in [0.2, 0.25) is 0 Å². The maximum absolute atomic E-state index is 10.6. The monoisotopic (exact) mass is 305 g/mol. The van der Waals surface area contributed by atoms with Crippen molar-refractivity contribution in [3.05, 3.63) is 45.9 Å². The molecular weight excluding hydrogens is 286 g/mol. The summed E-state index contributed by atoms with van der Waals surface area (Å²) in [5.41, 5.74) is 1.80. The maximum atomic E-state index is 10.6. The average molecular weight is 305 g/mol. The highest BCUT2D eigenvalue weighted by Gasteiger charge is 2.06. The number of carboxylic acids is 1. The van der Waals surface area contributed by atoms with Crippen LogP contribution in [-0.4, -0.2) is 22.7 Å². The lowest BCUT2D eigenvalue weighted by atomic mass is 10.2. The fourth-order valence-corrected chi connectivity index (χ4v) is 2.82. The molecule has 5 heteroatoms. The second-order valence-electron chi connectivity index (χ2n) is 4.87. The van der Waals surface area contributed by atoms with Gasteiger partial charge in [-0.05, 0) is 37.8 Å². The van der Waals surface area contributed by atoms with E-state index in [1.54, 1.807) is 0 Å². The second kappa shape index (κ2) is 7.78. The summed E-state index contributed by atoms with van der Waals surface area (Å²) in [6, 6.07) is 7.99. The van der Waals surface area contributed by atoms with E-state index in [9.17, 15) is 4.79 Å². The van der Waals surface area contributed by atoms with E-state index in [1.165, 1.54) is 11.3 Å². The summed E-state index contributed by atoms with van der Waals surface area (Å²) in [5, 5.41) is 11.5. The standard InChI is InChI=1S/C16H19NO3S/c1-12-6-2-3-7-14(12)20-9-5-4-8-15-17-13(11-21-15)10-16(18)19/h2-3,6-7,11H,4-5,8-10H2,1H3,(H,18,19). The minimum atomic E-state index is -0.835. The number of thiazole rings is 1. The van der Waals surface area contributed by atoms with Crippen LogP contribution in [0.15, 0.2) is 29.6 Å². The zero-order valence-electron chi connectivity index (χ0n) is 12.0. The molecule has 0 aliphatic heterocycles. The third-order valence-electron chi connectivity index (χ3n) is 3.07. The molecule has 1 N–H and O–H groups in total. The molecule has 0 spiro atoms. The van der Waals surface area contributed by atoms with E-state index in [1.807, 2.05) is 36.6 Å². The molecule has 0 aliphatic carbocycles. The number of hydrogen-bond acceptors (Lipinski definition) is 4. The Hall–Kier alpha value is -1.88. The minimum Gasteiger partial charge on any atom is -0.493 e. The van der Waals surface area contributed by atoms with Gasteiger partial charge in [0.15, 0.2) is 0 Å². The SMILES string of the molecule is Cc1ccccc1OCCCCc1nc(CC(=O)O)cs1. The Bertz CT molecular complexity index is 595. The van der Waals surface area contributed by atoms with Crippen molar-refractivity contribution in [2.24, 2.45) is 0 Å². The zero-order chi connectivity index (χ0) is 15.1. The zero-order valence-corrected chi connectivity index (χ0v) is 12.9. The molecule has 0 bridgehead atoms. The molecule has 0 saturated heterocycles. The lowest BCUT2D eigenvalue weighted by Gasteiger charge is -2.08. The lowest BCUT2D eigenvalue weighted by molar-refractivity contribution is -0.136. The Labute approximate surface area is 128 Å². The summed E-state index contributed by atoms with van der Waals surface area (Å²) in [6.45, 7) is 2.73. The predicted octanol–water partition coefficient (Wildman–Crippen LogP) is 3.48. The molecule has 4 nitrogen and oxygen atoms in total. The fourth-order valence-electron chi connectivity index (χ4n) is 1.98. The van der Waals surface area contributed by atoms with Gasteiger partial charge in [0, 0.05) is 5.38 Å². The van der Waals surface area contributed by atoms with Crippen molar-refractivity contribution in [1.82, 2.24) is 4.98 Å². The molecule has 1 aromatic carbocycles. The Morgan fingerprint density at radius 3 is 2.90 bits per heavy atom. The first kappa shape index (κ1) is 15.5. The van der Waals surface area contributed by atoms with Gasteiger partial charge in [0.25, 0.3) is 0 Å². The summed E-state index contributed by atoms with van der Waals surface area (Å²) in [5.74, 6) is 0.106. The quantitative estimate of drug-likeness (QED) is 0.759.